The van der Waals surface area contributed by atoms with Crippen molar-refractivity contribution >= 4 is 16.3 Å². The predicted molar refractivity (Wildman–Crippen MR) is 55.5 cm³/mol. The molecule has 0 radical (unpaired) electrons. The maximum atomic E-state index is 10.8. The van der Waals surface area contributed by atoms with Crippen molar-refractivity contribution in [3.8, 4) is 0 Å². The van der Waals surface area contributed by atoms with E-state index in [0.717, 1.165) is 0 Å². The van der Waals surface area contributed by atoms with Crippen molar-refractivity contribution in [2.75, 3.05) is 13.2 Å². The summed E-state index contributed by atoms with van der Waals surface area (Å²) in [6.07, 6.45) is -1.37. The lowest BCUT2D eigenvalue weighted by Crippen LogP contribution is -2.52. The Bertz CT molecular complexity index is 368. The van der Waals surface area contributed by atoms with E-state index in [-0.39, 0.29) is 25.5 Å². The fourth-order valence-electron chi connectivity index (χ4n) is 1.53. The quantitative estimate of drug-likeness (QED) is 0.529. The van der Waals surface area contributed by atoms with Crippen LogP contribution in [0.15, 0.2) is 0 Å². The van der Waals surface area contributed by atoms with Crippen LogP contribution in [0.5, 0.6) is 0 Å². The molecule has 9 heteroatoms. The highest BCUT2D eigenvalue weighted by Gasteiger charge is 2.31. The first-order valence-corrected chi connectivity index (χ1v) is 6.33. The van der Waals surface area contributed by atoms with Gasteiger partial charge in [0.2, 0.25) is 5.91 Å². The summed E-state index contributed by atoms with van der Waals surface area (Å²) in [5.41, 5.74) is 0. The van der Waals surface area contributed by atoms with E-state index in [9.17, 15) is 18.3 Å². The summed E-state index contributed by atoms with van der Waals surface area (Å²) in [5, 5.41) is 12.2. The van der Waals surface area contributed by atoms with Crippen LogP contribution in [-0.2, 0) is 24.1 Å². The lowest BCUT2D eigenvalue weighted by Gasteiger charge is -2.33. The van der Waals surface area contributed by atoms with Gasteiger partial charge in [0.15, 0.2) is 0 Å². The second-order valence-electron chi connectivity index (χ2n) is 3.78. The molecule has 0 aromatic carbocycles. The van der Waals surface area contributed by atoms with Crippen molar-refractivity contribution < 1.29 is 31.8 Å². The molecule has 100 valence electrons. The molecular weight excluding hydrogens is 254 g/mol. The van der Waals surface area contributed by atoms with Crippen LogP contribution in [0.4, 0.5) is 0 Å². The number of ether oxygens (including phenoxy) is 1. The Labute approximate surface area is 98.9 Å². The third kappa shape index (κ3) is 5.41. The molecule has 8 nitrogen and oxygen atoms in total. The summed E-state index contributed by atoms with van der Waals surface area (Å²) in [5.74, 6) is -0.287. The molecule has 1 heterocycles. The minimum absolute atomic E-state index is 0.0558. The molecule has 3 N–H and O–H groups in total. The lowest BCUT2D eigenvalue weighted by atomic mass is 10.0. The number of aliphatic hydroxyl groups excluding tert-OH is 1. The first-order valence-electron chi connectivity index (χ1n) is 4.96. The summed E-state index contributed by atoms with van der Waals surface area (Å²) in [4.78, 5) is 10.8. The lowest BCUT2D eigenvalue weighted by molar-refractivity contribution is -0.125. The largest absolute Gasteiger partial charge is 0.397 e. The van der Waals surface area contributed by atoms with Crippen molar-refractivity contribution in [1.29, 1.82) is 0 Å². The summed E-state index contributed by atoms with van der Waals surface area (Å²) < 4.78 is 38.3. The zero-order valence-electron chi connectivity index (χ0n) is 9.20. The van der Waals surface area contributed by atoms with Gasteiger partial charge in [0, 0.05) is 13.3 Å². The maximum Gasteiger partial charge on any atom is 0.397 e. The smallest absolute Gasteiger partial charge is 0.391 e. The first-order chi connectivity index (χ1) is 7.78. The molecular formula is C8H15NO7S. The van der Waals surface area contributed by atoms with Gasteiger partial charge in [-0.3, -0.25) is 9.35 Å². The SMILES string of the molecule is CC(=O)NC1COC(COS(=O)(=O)O)C[C@H]1O. The van der Waals surface area contributed by atoms with Crippen LogP contribution in [0.2, 0.25) is 0 Å². The fraction of sp³-hybridized carbons (Fsp3) is 0.875. The highest BCUT2D eigenvalue weighted by molar-refractivity contribution is 7.80. The number of amides is 1. The number of aliphatic hydroxyl groups is 1. The van der Waals surface area contributed by atoms with Gasteiger partial charge in [-0.15, -0.1) is 0 Å². The molecule has 2 unspecified atom stereocenters. The van der Waals surface area contributed by atoms with Crippen LogP contribution in [0.1, 0.15) is 13.3 Å². The van der Waals surface area contributed by atoms with E-state index in [1.165, 1.54) is 6.92 Å². The molecule has 1 fully saturated rings. The molecule has 3 atom stereocenters. The first kappa shape index (κ1) is 14.3. The summed E-state index contributed by atoms with van der Waals surface area (Å²) in [7, 11) is -4.50. The van der Waals surface area contributed by atoms with Gasteiger partial charge in [-0.1, -0.05) is 0 Å². The zero-order chi connectivity index (χ0) is 13.1. The van der Waals surface area contributed by atoms with Gasteiger partial charge in [0.25, 0.3) is 0 Å². The summed E-state index contributed by atoms with van der Waals surface area (Å²) in [6.45, 7) is 1.00. The van der Waals surface area contributed by atoms with Crippen LogP contribution in [0.3, 0.4) is 0 Å². The van der Waals surface area contributed by atoms with E-state index in [4.69, 9.17) is 9.29 Å². The normalized spacial score (nSPS) is 29.9. The van der Waals surface area contributed by atoms with E-state index < -0.39 is 28.6 Å². The highest BCUT2D eigenvalue weighted by atomic mass is 32.3. The molecule has 1 aliphatic rings. The molecule has 1 amide bonds. The van der Waals surface area contributed by atoms with Gasteiger partial charge >= 0.3 is 10.4 Å². The molecule has 17 heavy (non-hydrogen) atoms. The van der Waals surface area contributed by atoms with Crippen LogP contribution in [0.25, 0.3) is 0 Å². The van der Waals surface area contributed by atoms with E-state index in [1.54, 1.807) is 0 Å². The van der Waals surface area contributed by atoms with Crippen molar-refractivity contribution in [1.82, 2.24) is 5.32 Å². The molecule has 1 aliphatic heterocycles. The van der Waals surface area contributed by atoms with Gasteiger partial charge in [-0.05, 0) is 0 Å². The standard InChI is InChI=1S/C8H15NO7S/c1-5(10)9-7-4-15-6(2-8(7)11)3-16-17(12,13)14/h6-8,11H,2-4H2,1H3,(H,9,10)(H,12,13,14)/t6?,7?,8-/m1/s1. The molecule has 1 saturated heterocycles. The Kier molecular flexibility index (Phi) is 4.83. The van der Waals surface area contributed by atoms with Gasteiger partial charge < -0.3 is 15.2 Å². The van der Waals surface area contributed by atoms with Crippen LogP contribution >= 0.6 is 0 Å². The topological polar surface area (TPSA) is 122 Å². The minimum Gasteiger partial charge on any atom is -0.391 e. The number of hydrogen-bond acceptors (Lipinski definition) is 6. The molecule has 1 rings (SSSR count). The van der Waals surface area contributed by atoms with Crippen molar-refractivity contribution in [2.45, 2.75) is 31.6 Å². The average molecular weight is 269 g/mol. The Balaban J connectivity index is 2.39. The Morgan fingerprint density at radius 1 is 1.59 bits per heavy atom. The Morgan fingerprint density at radius 2 is 2.24 bits per heavy atom. The summed E-state index contributed by atoms with van der Waals surface area (Å²) >= 11 is 0. The van der Waals surface area contributed by atoms with Crippen molar-refractivity contribution in [3.63, 3.8) is 0 Å². The number of hydrogen-bond donors (Lipinski definition) is 3. The molecule has 0 spiro atoms. The summed E-state index contributed by atoms with van der Waals surface area (Å²) in [6, 6.07) is -0.519. The average Bonchev–Trinajstić information content (AvgIpc) is 2.17. The number of carbonyl (C=O) groups excluding carboxylic acids is 1. The molecule has 0 aromatic rings. The van der Waals surface area contributed by atoms with E-state index in [2.05, 4.69) is 9.50 Å². The Hall–Kier alpha value is -0.740. The Morgan fingerprint density at radius 3 is 2.71 bits per heavy atom. The van der Waals surface area contributed by atoms with Crippen molar-refractivity contribution in [2.24, 2.45) is 0 Å². The number of carbonyl (C=O) groups is 1. The number of nitrogens with one attached hydrogen (secondary N) is 1. The van der Waals surface area contributed by atoms with E-state index in [1.807, 2.05) is 0 Å². The van der Waals surface area contributed by atoms with Crippen LogP contribution in [0, 0.1) is 0 Å². The van der Waals surface area contributed by atoms with Gasteiger partial charge in [0.05, 0.1) is 31.5 Å². The van der Waals surface area contributed by atoms with Gasteiger partial charge in [-0.25, -0.2) is 4.18 Å². The van der Waals surface area contributed by atoms with E-state index in [0.29, 0.717) is 0 Å². The van der Waals surface area contributed by atoms with Gasteiger partial charge in [-0.2, -0.15) is 8.42 Å². The molecule has 0 saturated carbocycles. The second kappa shape index (κ2) is 5.74. The second-order valence-corrected chi connectivity index (χ2v) is 4.87. The van der Waals surface area contributed by atoms with Crippen LogP contribution < -0.4 is 5.32 Å². The predicted octanol–water partition coefficient (Wildman–Crippen LogP) is -1.54. The van der Waals surface area contributed by atoms with E-state index >= 15 is 0 Å². The minimum atomic E-state index is -4.50. The monoisotopic (exact) mass is 269 g/mol. The van der Waals surface area contributed by atoms with Crippen LogP contribution in [-0.4, -0.2) is 55.4 Å². The molecule has 0 aliphatic carbocycles. The zero-order valence-corrected chi connectivity index (χ0v) is 10.0. The number of rotatable bonds is 4. The van der Waals surface area contributed by atoms with Gasteiger partial charge in [0.1, 0.15) is 0 Å². The molecule has 0 bridgehead atoms. The maximum absolute atomic E-state index is 10.8. The fourth-order valence-corrected chi connectivity index (χ4v) is 1.85. The third-order valence-electron chi connectivity index (χ3n) is 2.27. The third-order valence-corrected chi connectivity index (χ3v) is 2.71. The highest BCUT2D eigenvalue weighted by Crippen LogP contribution is 2.15. The van der Waals surface area contributed by atoms with Crippen molar-refractivity contribution in [3.05, 3.63) is 0 Å². The molecule has 0 aromatic heterocycles.